The predicted octanol–water partition coefficient (Wildman–Crippen LogP) is 3.41. The van der Waals surface area contributed by atoms with Crippen LogP contribution in [0.3, 0.4) is 0 Å². The molecule has 2 bridgehead atoms. The minimum absolute atomic E-state index is 0.0125. The SMILES string of the molecule is Cc1c(Nc2ccc(F)cc2C#N)ncnc1OC1C[C@H]2CC[C@@H](C1)N2S(=O)(=O)C1CC1. The Bertz CT molecular complexity index is 1180. The standard InChI is InChI=1S/C22H24FN5O3S/c1-13-21(27-20-7-2-15(23)8-14(20)11-24)25-12-26-22(13)31-18-9-16-3-4-17(10-18)28(16)32(29,30)19-5-6-19/h2,7-8,12,16-19H,3-6,9-10H2,1H3,(H,25,26,27)/t16-,17+,18?. The van der Waals surface area contributed by atoms with Gasteiger partial charge in [0.05, 0.1) is 22.1 Å². The fraction of sp³-hybridized carbons (Fsp3) is 0.500. The lowest BCUT2D eigenvalue weighted by Crippen LogP contribution is -2.50. The lowest BCUT2D eigenvalue weighted by atomic mass is 10.0. The Morgan fingerprint density at radius 1 is 1.19 bits per heavy atom. The summed E-state index contributed by atoms with van der Waals surface area (Å²) in [5.41, 5.74) is 1.28. The largest absolute Gasteiger partial charge is 0.474 e. The van der Waals surface area contributed by atoms with Crippen molar-refractivity contribution in [2.45, 2.75) is 68.9 Å². The number of aromatic nitrogens is 2. The van der Waals surface area contributed by atoms with E-state index in [0.717, 1.165) is 31.7 Å². The van der Waals surface area contributed by atoms with Gasteiger partial charge >= 0.3 is 0 Å². The van der Waals surface area contributed by atoms with E-state index >= 15 is 0 Å². The zero-order valence-corrected chi connectivity index (χ0v) is 18.5. The van der Waals surface area contributed by atoms with Crippen LogP contribution >= 0.6 is 0 Å². The van der Waals surface area contributed by atoms with Gasteiger partial charge in [-0.2, -0.15) is 9.57 Å². The molecule has 2 aliphatic heterocycles. The van der Waals surface area contributed by atoms with Crippen LogP contribution in [0.25, 0.3) is 0 Å². The van der Waals surface area contributed by atoms with Gasteiger partial charge in [0.25, 0.3) is 0 Å². The van der Waals surface area contributed by atoms with E-state index in [9.17, 15) is 18.1 Å². The first-order valence-corrected chi connectivity index (χ1v) is 12.3. The molecule has 32 heavy (non-hydrogen) atoms. The number of anilines is 2. The fourth-order valence-corrected chi connectivity index (χ4v) is 7.11. The van der Waals surface area contributed by atoms with E-state index in [1.165, 1.54) is 18.5 Å². The second kappa shape index (κ2) is 7.98. The van der Waals surface area contributed by atoms with Gasteiger partial charge in [-0.15, -0.1) is 0 Å². The van der Waals surface area contributed by atoms with Gasteiger partial charge in [0.2, 0.25) is 15.9 Å². The van der Waals surface area contributed by atoms with E-state index in [0.29, 0.717) is 35.8 Å². The maximum Gasteiger partial charge on any atom is 0.221 e. The van der Waals surface area contributed by atoms with Gasteiger partial charge < -0.3 is 10.1 Å². The Morgan fingerprint density at radius 3 is 2.56 bits per heavy atom. The second-order valence-corrected chi connectivity index (χ2v) is 10.9. The molecule has 0 spiro atoms. The summed E-state index contributed by atoms with van der Waals surface area (Å²) < 4.78 is 47.1. The Kier molecular flexibility index (Phi) is 5.26. The number of rotatable bonds is 6. The summed E-state index contributed by atoms with van der Waals surface area (Å²) in [6.45, 7) is 1.81. The quantitative estimate of drug-likeness (QED) is 0.708. The predicted molar refractivity (Wildman–Crippen MR) is 115 cm³/mol. The Labute approximate surface area is 186 Å². The Balaban J connectivity index is 1.32. The van der Waals surface area contributed by atoms with Crippen molar-refractivity contribution in [3.05, 3.63) is 41.5 Å². The lowest BCUT2D eigenvalue weighted by molar-refractivity contribution is 0.0910. The molecule has 3 atom stereocenters. The van der Waals surface area contributed by atoms with E-state index in [-0.39, 0.29) is 29.0 Å². The van der Waals surface area contributed by atoms with Crippen LogP contribution in [0.1, 0.15) is 49.7 Å². The van der Waals surface area contributed by atoms with E-state index < -0.39 is 15.8 Å². The van der Waals surface area contributed by atoms with Crippen molar-refractivity contribution >= 4 is 21.5 Å². The molecule has 2 saturated heterocycles. The number of benzene rings is 1. The third-order valence-electron chi connectivity index (χ3n) is 6.53. The number of hydrogen-bond donors (Lipinski definition) is 1. The molecule has 10 heteroatoms. The number of nitriles is 1. The summed E-state index contributed by atoms with van der Waals surface area (Å²) in [5, 5.41) is 12.1. The number of sulfonamides is 1. The van der Waals surface area contributed by atoms with Crippen molar-refractivity contribution in [2.75, 3.05) is 5.32 Å². The minimum Gasteiger partial charge on any atom is -0.474 e. The molecule has 8 nitrogen and oxygen atoms in total. The van der Waals surface area contributed by atoms with Crippen molar-refractivity contribution in [1.29, 1.82) is 5.26 Å². The van der Waals surface area contributed by atoms with Gasteiger partial charge in [-0.25, -0.2) is 22.8 Å². The molecular formula is C22H24FN5O3S. The van der Waals surface area contributed by atoms with Crippen molar-refractivity contribution in [1.82, 2.24) is 14.3 Å². The van der Waals surface area contributed by atoms with Gasteiger partial charge in [0.15, 0.2) is 0 Å². The highest BCUT2D eigenvalue weighted by atomic mass is 32.2. The fourth-order valence-electron chi connectivity index (χ4n) is 4.82. The number of halogens is 1. The number of hydrogen-bond acceptors (Lipinski definition) is 7. The highest BCUT2D eigenvalue weighted by molar-refractivity contribution is 7.90. The van der Waals surface area contributed by atoms with Gasteiger partial charge in [0, 0.05) is 24.9 Å². The summed E-state index contributed by atoms with van der Waals surface area (Å²) in [7, 11) is -3.19. The third-order valence-corrected chi connectivity index (χ3v) is 9.03. The van der Waals surface area contributed by atoms with Crippen LogP contribution in [0.4, 0.5) is 15.9 Å². The van der Waals surface area contributed by atoms with Gasteiger partial charge in [-0.3, -0.25) is 0 Å². The first-order valence-electron chi connectivity index (χ1n) is 10.8. The van der Waals surface area contributed by atoms with Crippen LogP contribution < -0.4 is 10.1 Å². The summed E-state index contributed by atoms with van der Waals surface area (Å²) in [5.74, 6) is 0.404. The Hall–Kier alpha value is -2.77. The van der Waals surface area contributed by atoms with Crippen molar-refractivity contribution in [3.63, 3.8) is 0 Å². The molecule has 0 amide bonds. The van der Waals surface area contributed by atoms with Gasteiger partial charge in [-0.1, -0.05) is 0 Å². The normalized spacial score (nSPS) is 25.3. The third kappa shape index (κ3) is 3.80. The molecule has 1 unspecified atom stereocenters. The smallest absolute Gasteiger partial charge is 0.221 e. The van der Waals surface area contributed by atoms with Crippen LogP contribution in [0.2, 0.25) is 0 Å². The Morgan fingerprint density at radius 2 is 1.91 bits per heavy atom. The molecule has 168 valence electrons. The van der Waals surface area contributed by atoms with Crippen LogP contribution in [0, 0.1) is 24.1 Å². The molecule has 3 fully saturated rings. The van der Waals surface area contributed by atoms with Crippen molar-refractivity contribution < 1.29 is 17.5 Å². The molecule has 1 N–H and O–H groups in total. The van der Waals surface area contributed by atoms with Crippen molar-refractivity contribution in [3.8, 4) is 11.9 Å². The maximum atomic E-state index is 13.4. The van der Waals surface area contributed by atoms with Crippen molar-refractivity contribution in [2.24, 2.45) is 0 Å². The first-order chi connectivity index (χ1) is 15.4. The molecule has 1 saturated carbocycles. The number of piperidine rings is 1. The van der Waals surface area contributed by atoms with Gasteiger partial charge in [-0.05, 0) is 50.8 Å². The van der Waals surface area contributed by atoms with Crippen LogP contribution in [-0.2, 0) is 10.0 Å². The van der Waals surface area contributed by atoms with Crippen LogP contribution in [0.15, 0.2) is 24.5 Å². The summed E-state index contributed by atoms with van der Waals surface area (Å²) in [4.78, 5) is 8.52. The molecule has 1 aromatic heterocycles. The molecule has 5 rings (SSSR count). The monoisotopic (exact) mass is 457 g/mol. The van der Waals surface area contributed by atoms with E-state index in [1.807, 2.05) is 13.0 Å². The molecule has 3 heterocycles. The summed E-state index contributed by atoms with van der Waals surface area (Å²) in [6, 6.07) is 5.87. The second-order valence-electron chi connectivity index (χ2n) is 8.75. The summed E-state index contributed by atoms with van der Waals surface area (Å²) in [6.07, 6.45) is 5.82. The molecular weight excluding hydrogens is 433 g/mol. The number of ether oxygens (including phenoxy) is 1. The van der Waals surface area contributed by atoms with E-state index in [1.54, 1.807) is 4.31 Å². The number of nitrogens with one attached hydrogen (secondary N) is 1. The molecule has 0 radical (unpaired) electrons. The zero-order valence-electron chi connectivity index (χ0n) is 17.7. The molecule has 3 aliphatic rings. The van der Waals surface area contributed by atoms with Crippen LogP contribution in [0.5, 0.6) is 5.88 Å². The average molecular weight is 458 g/mol. The maximum absolute atomic E-state index is 13.4. The number of nitrogens with zero attached hydrogens (tertiary/aromatic N) is 4. The van der Waals surface area contributed by atoms with E-state index in [2.05, 4.69) is 15.3 Å². The highest BCUT2D eigenvalue weighted by Crippen LogP contribution is 2.43. The lowest BCUT2D eigenvalue weighted by Gasteiger charge is -2.37. The van der Waals surface area contributed by atoms with E-state index in [4.69, 9.17) is 4.74 Å². The minimum atomic E-state index is -3.19. The molecule has 2 aromatic rings. The zero-order chi connectivity index (χ0) is 22.5. The van der Waals surface area contributed by atoms with Gasteiger partial charge in [0.1, 0.15) is 30.1 Å². The first kappa shape index (κ1) is 21.1. The average Bonchev–Trinajstić information content (AvgIpc) is 3.58. The topological polar surface area (TPSA) is 108 Å². The number of fused-ring (bicyclic) bond motifs is 2. The highest BCUT2D eigenvalue weighted by Gasteiger charge is 2.52. The molecule has 1 aliphatic carbocycles. The molecule has 1 aromatic carbocycles. The summed E-state index contributed by atoms with van der Waals surface area (Å²) >= 11 is 0. The van der Waals surface area contributed by atoms with Crippen LogP contribution in [-0.4, -0.2) is 46.1 Å².